The molecule has 0 fully saturated rings. The highest BCUT2D eigenvalue weighted by atomic mass is 32.1. The van der Waals surface area contributed by atoms with Crippen molar-refractivity contribution in [1.82, 2.24) is 15.6 Å². The average Bonchev–Trinajstić information content (AvgIpc) is 3.30. The van der Waals surface area contributed by atoms with Gasteiger partial charge in [0.25, 0.3) is 0 Å². The van der Waals surface area contributed by atoms with Gasteiger partial charge >= 0.3 is 0 Å². The molecule has 0 radical (unpaired) electrons. The van der Waals surface area contributed by atoms with Gasteiger partial charge in [-0.15, -0.1) is 0 Å². The van der Waals surface area contributed by atoms with Crippen LogP contribution in [0, 0.1) is 6.92 Å². The Balaban J connectivity index is 1.61. The monoisotopic (exact) mass is 354 g/mol. The topological polar surface area (TPSA) is 62.5 Å². The second-order valence-electron chi connectivity index (χ2n) is 5.69. The molecular weight excluding hydrogens is 332 g/mol. The van der Waals surface area contributed by atoms with E-state index in [9.17, 15) is 0 Å². The molecule has 25 heavy (non-hydrogen) atoms. The van der Waals surface area contributed by atoms with E-state index in [0.29, 0.717) is 19.0 Å². The van der Waals surface area contributed by atoms with Crippen molar-refractivity contribution < 1.29 is 4.42 Å². The number of thiophene rings is 1. The first kappa shape index (κ1) is 17.2. The summed E-state index contributed by atoms with van der Waals surface area (Å²) >= 11 is 1.68. The largest absolute Gasteiger partial charge is 0.444 e. The Bertz CT molecular complexity index is 806. The predicted octanol–water partition coefficient (Wildman–Crippen LogP) is 3.97. The Kier molecular flexibility index (Phi) is 5.85. The van der Waals surface area contributed by atoms with Crippen LogP contribution in [0.15, 0.2) is 56.8 Å². The van der Waals surface area contributed by atoms with Gasteiger partial charge in [-0.3, -0.25) is 0 Å². The van der Waals surface area contributed by atoms with Crippen LogP contribution in [0.3, 0.4) is 0 Å². The molecule has 5 nitrogen and oxygen atoms in total. The highest BCUT2D eigenvalue weighted by Crippen LogP contribution is 2.19. The SMILES string of the molecule is CCNC(=NCc1ccsc1)NCc1coc(-c2ccc(C)cc2)n1. The van der Waals surface area contributed by atoms with Gasteiger partial charge < -0.3 is 15.1 Å². The minimum absolute atomic E-state index is 0.560. The number of nitrogens with one attached hydrogen (secondary N) is 2. The Morgan fingerprint density at radius 1 is 1.20 bits per heavy atom. The van der Waals surface area contributed by atoms with E-state index in [1.54, 1.807) is 17.6 Å². The van der Waals surface area contributed by atoms with Crippen LogP contribution in [0.25, 0.3) is 11.5 Å². The van der Waals surface area contributed by atoms with Gasteiger partial charge in [0.1, 0.15) is 6.26 Å². The third-order valence-electron chi connectivity index (χ3n) is 3.63. The molecule has 3 aromatic rings. The fraction of sp³-hybridized carbons (Fsp3) is 0.263. The lowest BCUT2D eigenvalue weighted by atomic mass is 10.1. The van der Waals surface area contributed by atoms with Gasteiger partial charge in [0.2, 0.25) is 5.89 Å². The zero-order chi connectivity index (χ0) is 17.5. The van der Waals surface area contributed by atoms with Crippen LogP contribution in [0.4, 0.5) is 0 Å². The number of nitrogens with zero attached hydrogens (tertiary/aromatic N) is 2. The van der Waals surface area contributed by atoms with Gasteiger partial charge in [0.05, 0.1) is 18.8 Å². The van der Waals surface area contributed by atoms with Gasteiger partial charge in [-0.25, -0.2) is 9.98 Å². The molecule has 2 heterocycles. The maximum atomic E-state index is 5.59. The van der Waals surface area contributed by atoms with Crippen molar-refractivity contribution in [3.63, 3.8) is 0 Å². The standard InChI is InChI=1S/C19H22N4OS/c1-3-20-19(21-10-15-8-9-25-13-15)22-11-17-12-24-18(23-17)16-6-4-14(2)5-7-16/h4-9,12-13H,3,10-11H2,1-2H3,(H2,20,21,22). The average molecular weight is 354 g/mol. The van der Waals surface area contributed by atoms with Crippen LogP contribution in [0.5, 0.6) is 0 Å². The first-order valence-corrected chi connectivity index (χ1v) is 9.23. The van der Waals surface area contributed by atoms with Crippen LogP contribution < -0.4 is 10.6 Å². The minimum atomic E-state index is 0.560. The molecule has 0 aliphatic heterocycles. The molecule has 130 valence electrons. The zero-order valence-corrected chi connectivity index (χ0v) is 15.3. The van der Waals surface area contributed by atoms with Crippen LogP contribution in [-0.2, 0) is 13.1 Å². The van der Waals surface area contributed by atoms with E-state index < -0.39 is 0 Å². The van der Waals surface area contributed by atoms with Gasteiger partial charge in [-0.1, -0.05) is 17.7 Å². The van der Waals surface area contributed by atoms with Crippen molar-refractivity contribution in [3.8, 4) is 11.5 Å². The quantitative estimate of drug-likeness (QED) is 0.519. The number of hydrogen-bond donors (Lipinski definition) is 2. The summed E-state index contributed by atoms with van der Waals surface area (Å²) in [6.07, 6.45) is 1.69. The number of benzene rings is 1. The number of oxazole rings is 1. The molecule has 0 spiro atoms. The molecule has 2 N–H and O–H groups in total. The van der Waals surface area contributed by atoms with Crippen molar-refractivity contribution >= 4 is 17.3 Å². The molecule has 0 atom stereocenters. The Morgan fingerprint density at radius 2 is 2.04 bits per heavy atom. The number of aliphatic imine (C=N–C) groups is 1. The second kappa shape index (κ2) is 8.48. The Morgan fingerprint density at radius 3 is 2.76 bits per heavy atom. The van der Waals surface area contributed by atoms with Crippen LogP contribution >= 0.6 is 11.3 Å². The third-order valence-corrected chi connectivity index (χ3v) is 4.36. The molecule has 0 amide bonds. The van der Waals surface area contributed by atoms with Crippen LogP contribution in [-0.4, -0.2) is 17.5 Å². The van der Waals surface area contributed by atoms with E-state index in [4.69, 9.17) is 4.42 Å². The lowest BCUT2D eigenvalue weighted by Gasteiger charge is -2.09. The van der Waals surface area contributed by atoms with Crippen molar-refractivity contribution in [3.05, 3.63) is 64.2 Å². The Hall–Kier alpha value is -2.60. The molecule has 3 rings (SSSR count). The molecule has 0 aliphatic rings. The van der Waals surface area contributed by atoms with E-state index >= 15 is 0 Å². The molecule has 2 aromatic heterocycles. The lowest BCUT2D eigenvalue weighted by molar-refractivity contribution is 0.572. The van der Waals surface area contributed by atoms with Crippen LogP contribution in [0.1, 0.15) is 23.7 Å². The first-order valence-electron chi connectivity index (χ1n) is 8.29. The summed E-state index contributed by atoms with van der Waals surface area (Å²) in [6.45, 7) is 6.14. The predicted molar refractivity (Wildman–Crippen MR) is 103 cm³/mol. The number of hydrogen-bond acceptors (Lipinski definition) is 4. The molecule has 6 heteroatoms. The summed E-state index contributed by atoms with van der Waals surface area (Å²) in [5.41, 5.74) is 4.26. The van der Waals surface area contributed by atoms with Gasteiger partial charge in [-0.05, 0) is 48.4 Å². The molecule has 0 unspecified atom stereocenters. The van der Waals surface area contributed by atoms with E-state index in [-0.39, 0.29) is 0 Å². The maximum absolute atomic E-state index is 5.59. The normalized spacial score (nSPS) is 11.5. The number of rotatable bonds is 6. The highest BCUT2D eigenvalue weighted by molar-refractivity contribution is 7.07. The van der Waals surface area contributed by atoms with Crippen molar-refractivity contribution in [2.75, 3.05) is 6.54 Å². The summed E-state index contributed by atoms with van der Waals surface area (Å²) in [4.78, 5) is 9.13. The minimum Gasteiger partial charge on any atom is -0.444 e. The second-order valence-corrected chi connectivity index (χ2v) is 6.47. The fourth-order valence-electron chi connectivity index (χ4n) is 2.29. The maximum Gasteiger partial charge on any atom is 0.226 e. The van der Waals surface area contributed by atoms with E-state index in [0.717, 1.165) is 23.8 Å². The van der Waals surface area contributed by atoms with Crippen molar-refractivity contribution in [2.45, 2.75) is 26.9 Å². The summed E-state index contributed by atoms with van der Waals surface area (Å²) < 4.78 is 5.59. The van der Waals surface area contributed by atoms with Crippen molar-refractivity contribution in [1.29, 1.82) is 0 Å². The summed E-state index contributed by atoms with van der Waals surface area (Å²) in [7, 11) is 0. The van der Waals surface area contributed by atoms with Gasteiger partial charge in [0, 0.05) is 12.1 Å². The molecular formula is C19H22N4OS. The summed E-state index contributed by atoms with van der Waals surface area (Å²) in [6, 6.07) is 10.2. The molecule has 0 bridgehead atoms. The lowest BCUT2D eigenvalue weighted by Crippen LogP contribution is -2.36. The van der Waals surface area contributed by atoms with E-state index in [1.165, 1.54) is 11.1 Å². The summed E-state index contributed by atoms with van der Waals surface area (Å²) in [5.74, 6) is 1.41. The van der Waals surface area contributed by atoms with Crippen LogP contribution in [0.2, 0.25) is 0 Å². The first-order chi connectivity index (χ1) is 12.2. The molecule has 1 aromatic carbocycles. The highest BCUT2D eigenvalue weighted by Gasteiger charge is 2.07. The smallest absolute Gasteiger partial charge is 0.226 e. The summed E-state index contributed by atoms with van der Waals surface area (Å²) in [5, 5.41) is 10.7. The number of guanidine groups is 1. The molecule has 0 saturated carbocycles. The fourth-order valence-corrected chi connectivity index (χ4v) is 2.95. The third kappa shape index (κ3) is 4.93. The van der Waals surface area contributed by atoms with Gasteiger partial charge in [-0.2, -0.15) is 11.3 Å². The van der Waals surface area contributed by atoms with Crippen molar-refractivity contribution in [2.24, 2.45) is 4.99 Å². The van der Waals surface area contributed by atoms with Gasteiger partial charge in [0.15, 0.2) is 5.96 Å². The van der Waals surface area contributed by atoms with E-state index in [2.05, 4.69) is 56.5 Å². The molecule has 0 saturated heterocycles. The van der Waals surface area contributed by atoms with E-state index in [1.807, 2.05) is 19.1 Å². The number of aryl methyl sites for hydroxylation is 1. The molecule has 0 aliphatic carbocycles. The number of aromatic nitrogens is 1. The zero-order valence-electron chi connectivity index (χ0n) is 14.5. The Labute approximate surface area is 151 Å².